The topological polar surface area (TPSA) is 66.6 Å². The minimum absolute atomic E-state index is 0.267. The van der Waals surface area contributed by atoms with Crippen LogP contribution in [-0.2, 0) is 9.84 Å². The van der Waals surface area contributed by atoms with E-state index in [4.69, 9.17) is 5.73 Å². The van der Waals surface area contributed by atoms with Gasteiger partial charge in [-0.15, -0.1) is 0 Å². The summed E-state index contributed by atoms with van der Waals surface area (Å²) < 4.78 is 22.9. The number of nitrogens with two attached hydrogens (primary N) is 1. The molecule has 6 heteroatoms. The summed E-state index contributed by atoms with van der Waals surface area (Å²) in [6, 6.07) is 0. The van der Waals surface area contributed by atoms with Crippen LogP contribution in [0.2, 0.25) is 0 Å². The van der Waals surface area contributed by atoms with Crippen molar-refractivity contribution in [2.45, 2.75) is 32.6 Å². The monoisotopic (exact) mass is 305 g/mol. The van der Waals surface area contributed by atoms with Crippen molar-refractivity contribution in [1.82, 2.24) is 9.80 Å². The summed E-state index contributed by atoms with van der Waals surface area (Å²) in [7, 11) is -2.80. The van der Waals surface area contributed by atoms with E-state index in [-0.39, 0.29) is 5.75 Å². The Kier molecular flexibility index (Phi) is 8.68. The van der Waals surface area contributed by atoms with Crippen molar-refractivity contribution in [3.05, 3.63) is 0 Å². The first kappa shape index (κ1) is 17.9. The molecule has 0 unspecified atom stereocenters. The highest BCUT2D eigenvalue weighted by atomic mass is 32.2. The van der Waals surface area contributed by atoms with Crippen LogP contribution in [0.5, 0.6) is 0 Å². The molecular weight excluding hydrogens is 274 g/mol. The number of sulfone groups is 1. The highest BCUT2D eigenvalue weighted by molar-refractivity contribution is 7.91. The van der Waals surface area contributed by atoms with Gasteiger partial charge in [-0.25, -0.2) is 8.42 Å². The molecule has 0 aliphatic carbocycles. The third kappa shape index (κ3) is 7.57. The standard InChI is InChI=1S/C14H31N3O2S/c1-2-20(18,19)14-6-9-17-12-10-16(11-13-17)8-5-3-4-7-15/h2-15H2,1H3. The third-order valence-corrected chi connectivity index (χ3v) is 5.80. The van der Waals surface area contributed by atoms with E-state index in [9.17, 15) is 8.42 Å². The fraction of sp³-hybridized carbons (Fsp3) is 1.00. The Morgan fingerprint density at radius 2 is 1.45 bits per heavy atom. The molecule has 1 rings (SSSR count). The molecule has 2 N–H and O–H groups in total. The van der Waals surface area contributed by atoms with Crippen molar-refractivity contribution in [2.24, 2.45) is 5.73 Å². The number of piperazine rings is 1. The molecule has 5 nitrogen and oxygen atoms in total. The quantitative estimate of drug-likeness (QED) is 0.597. The van der Waals surface area contributed by atoms with Crippen molar-refractivity contribution >= 4 is 9.84 Å². The molecular formula is C14H31N3O2S. The van der Waals surface area contributed by atoms with Gasteiger partial charge in [0.05, 0.1) is 5.75 Å². The maximum absolute atomic E-state index is 11.4. The first-order chi connectivity index (χ1) is 9.57. The number of rotatable bonds is 10. The Bertz CT molecular complexity index is 338. The van der Waals surface area contributed by atoms with Crippen LogP contribution >= 0.6 is 0 Å². The molecule has 120 valence electrons. The van der Waals surface area contributed by atoms with Gasteiger partial charge in [0, 0.05) is 31.9 Å². The number of unbranched alkanes of at least 4 members (excludes halogenated alkanes) is 2. The minimum Gasteiger partial charge on any atom is -0.330 e. The zero-order valence-electron chi connectivity index (χ0n) is 12.9. The average Bonchev–Trinajstić information content (AvgIpc) is 2.45. The molecule has 0 saturated carbocycles. The second kappa shape index (κ2) is 9.71. The maximum atomic E-state index is 11.4. The van der Waals surface area contributed by atoms with Crippen LogP contribution in [0.1, 0.15) is 32.6 Å². The normalized spacial score (nSPS) is 18.5. The minimum atomic E-state index is -2.80. The van der Waals surface area contributed by atoms with Gasteiger partial charge in [0.15, 0.2) is 0 Å². The molecule has 0 aromatic heterocycles. The summed E-state index contributed by atoms with van der Waals surface area (Å²) in [5, 5.41) is 0. The number of hydrogen-bond donors (Lipinski definition) is 1. The Labute approximate surface area is 124 Å². The SMILES string of the molecule is CCS(=O)(=O)CCCN1CCN(CCCCCN)CC1. The molecule has 20 heavy (non-hydrogen) atoms. The van der Waals surface area contributed by atoms with Gasteiger partial charge >= 0.3 is 0 Å². The average molecular weight is 305 g/mol. The van der Waals surface area contributed by atoms with Crippen molar-refractivity contribution in [3.8, 4) is 0 Å². The molecule has 0 aromatic carbocycles. The Morgan fingerprint density at radius 1 is 0.900 bits per heavy atom. The van der Waals surface area contributed by atoms with Crippen molar-refractivity contribution in [2.75, 3.05) is 57.3 Å². The van der Waals surface area contributed by atoms with Gasteiger partial charge < -0.3 is 15.5 Å². The van der Waals surface area contributed by atoms with Crippen molar-refractivity contribution in [3.63, 3.8) is 0 Å². The smallest absolute Gasteiger partial charge is 0.150 e. The van der Waals surface area contributed by atoms with E-state index >= 15 is 0 Å². The summed E-state index contributed by atoms with van der Waals surface area (Å²) in [6.45, 7) is 8.99. The fourth-order valence-electron chi connectivity index (χ4n) is 2.55. The van der Waals surface area contributed by atoms with Gasteiger partial charge in [0.1, 0.15) is 9.84 Å². The van der Waals surface area contributed by atoms with Crippen LogP contribution in [0, 0.1) is 0 Å². The predicted molar refractivity (Wildman–Crippen MR) is 84.7 cm³/mol. The van der Waals surface area contributed by atoms with E-state index in [0.717, 1.165) is 52.1 Å². The van der Waals surface area contributed by atoms with E-state index in [1.807, 2.05) is 0 Å². The Morgan fingerprint density at radius 3 is 1.95 bits per heavy atom. The first-order valence-electron chi connectivity index (χ1n) is 7.92. The second-order valence-electron chi connectivity index (χ2n) is 5.62. The van der Waals surface area contributed by atoms with Gasteiger partial charge in [0.25, 0.3) is 0 Å². The molecule has 0 atom stereocenters. The molecule has 1 heterocycles. The van der Waals surface area contributed by atoms with Gasteiger partial charge in [-0.3, -0.25) is 0 Å². The predicted octanol–water partition coefficient (Wildman–Crippen LogP) is 0.558. The lowest BCUT2D eigenvalue weighted by Crippen LogP contribution is -2.46. The molecule has 1 saturated heterocycles. The van der Waals surface area contributed by atoms with Crippen LogP contribution < -0.4 is 5.73 Å². The van der Waals surface area contributed by atoms with Crippen molar-refractivity contribution in [1.29, 1.82) is 0 Å². The highest BCUT2D eigenvalue weighted by Crippen LogP contribution is 2.06. The summed E-state index contributed by atoms with van der Waals surface area (Å²) >= 11 is 0. The molecule has 0 aromatic rings. The van der Waals surface area contributed by atoms with Gasteiger partial charge in [-0.2, -0.15) is 0 Å². The molecule has 0 spiro atoms. The van der Waals surface area contributed by atoms with Crippen LogP contribution in [0.15, 0.2) is 0 Å². The zero-order chi connectivity index (χ0) is 14.8. The first-order valence-corrected chi connectivity index (χ1v) is 9.74. The largest absolute Gasteiger partial charge is 0.330 e. The Hall–Kier alpha value is -0.170. The number of hydrogen-bond acceptors (Lipinski definition) is 5. The van der Waals surface area contributed by atoms with E-state index < -0.39 is 9.84 Å². The van der Waals surface area contributed by atoms with E-state index in [1.54, 1.807) is 6.92 Å². The van der Waals surface area contributed by atoms with Gasteiger partial charge in [-0.1, -0.05) is 13.3 Å². The van der Waals surface area contributed by atoms with E-state index in [0.29, 0.717) is 5.75 Å². The lowest BCUT2D eigenvalue weighted by molar-refractivity contribution is 0.131. The van der Waals surface area contributed by atoms with Crippen LogP contribution in [0.4, 0.5) is 0 Å². The summed E-state index contributed by atoms with van der Waals surface area (Å²) in [6.07, 6.45) is 4.37. The lowest BCUT2D eigenvalue weighted by atomic mass is 10.2. The van der Waals surface area contributed by atoms with E-state index in [2.05, 4.69) is 9.80 Å². The lowest BCUT2D eigenvalue weighted by Gasteiger charge is -2.34. The van der Waals surface area contributed by atoms with Crippen LogP contribution in [0.3, 0.4) is 0 Å². The summed E-state index contributed by atoms with van der Waals surface area (Å²) in [5.41, 5.74) is 5.49. The maximum Gasteiger partial charge on any atom is 0.150 e. The molecule has 0 bridgehead atoms. The zero-order valence-corrected chi connectivity index (χ0v) is 13.7. The fourth-order valence-corrected chi connectivity index (χ4v) is 3.40. The van der Waals surface area contributed by atoms with Gasteiger partial charge in [0.2, 0.25) is 0 Å². The molecule has 0 amide bonds. The summed E-state index contributed by atoms with van der Waals surface area (Å²) in [5.74, 6) is 0.604. The molecule has 1 aliphatic rings. The Balaban J connectivity index is 2.07. The number of nitrogens with zero attached hydrogens (tertiary/aromatic N) is 2. The highest BCUT2D eigenvalue weighted by Gasteiger charge is 2.16. The van der Waals surface area contributed by atoms with E-state index in [1.165, 1.54) is 19.4 Å². The molecule has 1 fully saturated rings. The van der Waals surface area contributed by atoms with Crippen LogP contribution in [0.25, 0.3) is 0 Å². The van der Waals surface area contributed by atoms with Crippen LogP contribution in [-0.4, -0.2) is 75.5 Å². The van der Waals surface area contributed by atoms with Crippen molar-refractivity contribution < 1.29 is 8.42 Å². The third-order valence-electron chi connectivity index (χ3n) is 4.01. The molecule has 0 radical (unpaired) electrons. The second-order valence-corrected chi connectivity index (χ2v) is 8.10. The molecule has 1 aliphatic heterocycles. The van der Waals surface area contributed by atoms with Gasteiger partial charge in [-0.05, 0) is 38.9 Å². The summed E-state index contributed by atoms with van der Waals surface area (Å²) in [4.78, 5) is 4.90.